The Hall–Kier alpha value is -1.92. The van der Waals surface area contributed by atoms with E-state index in [4.69, 9.17) is 9.26 Å². The lowest BCUT2D eigenvalue weighted by Gasteiger charge is -2.23. The maximum Gasteiger partial charge on any atom is 0.329 e. The fourth-order valence-electron chi connectivity index (χ4n) is 2.66. The second-order valence-corrected chi connectivity index (χ2v) is 5.48. The molecule has 1 heterocycles. The molecule has 1 aromatic rings. The second kappa shape index (κ2) is 6.69. The first kappa shape index (κ1) is 15.5. The van der Waals surface area contributed by atoms with E-state index in [2.05, 4.69) is 15.5 Å². The van der Waals surface area contributed by atoms with E-state index < -0.39 is 18.1 Å². The minimum absolute atomic E-state index is 0.137. The number of nitrogens with zero attached hydrogens (tertiary/aromatic N) is 2. The van der Waals surface area contributed by atoms with Crippen molar-refractivity contribution in [1.82, 2.24) is 15.5 Å². The molecule has 0 bridgehead atoms. The zero-order valence-corrected chi connectivity index (χ0v) is 12.6. The van der Waals surface area contributed by atoms with Gasteiger partial charge in [0.1, 0.15) is 6.04 Å². The number of nitrogens with one attached hydrogen (secondary N) is 1. The summed E-state index contributed by atoms with van der Waals surface area (Å²) in [6.45, 7) is 4.77. The van der Waals surface area contributed by atoms with Crippen molar-refractivity contribution in [2.24, 2.45) is 5.92 Å². The van der Waals surface area contributed by atoms with Crippen LogP contribution in [0.1, 0.15) is 57.3 Å². The van der Waals surface area contributed by atoms with Crippen LogP contribution in [0.5, 0.6) is 0 Å². The van der Waals surface area contributed by atoms with E-state index in [-0.39, 0.29) is 17.7 Å². The first-order valence-electron chi connectivity index (χ1n) is 7.25. The lowest BCUT2D eigenvalue weighted by atomic mass is 9.98. The summed E-state index contributed by atoms with van der Waals surface area (Å²) < 4.78 is 10.4. The first-order valence-corrected chi connectivity index (χ1v) is 7.25. The van der Waals surface area contributed by atoms with Crippen LogP contribution in [0, 0.1) is 12.8 Å². The second-order valence-electron chi connectivity index (χ2n) is 5.48. The summed E-state index contributed by atoms with van der Waals surface area (Å²) in [7, 11) is 0. The average molecular weight is 295 g/mol. The Balaban J connectivity index is 2.01. The van der Waals surface area contributed by atoms with Gasteiger partial charge in [0.15, 0.2) is 11.9 Å². The molecule has 1 fully saturated rings. The predicted molar refractivity (Wildman–Crippen MR) is 73.1 cm³/mol. The Kier molecular flexibility index (Phi) is 4.93. The highest BCUT2D eigenvalue weighted by atomic mass is 16.6. The molecule has 0 aromatic carbocycles. The number of carbonyl (C=O) groups is 2. The van der Waals surface area contributed by atoms with Gasteiger partial charge in [-0.2, -0.15) is 4.98 Å². The molecular formula is C14H21N3O4. The smallest absolute Gasteiger partial charge is 0.329 e. The number of hydrogen-bond donors (Lipinski definition) is 1. The molecule has 1 aliphatic rings. The highest BCUT2D eigenvalue weighted by Crippen LogP contribution is 2.29. The normalized spacial score (nSPS) is 18.2. The highest BCUT2D eigenvalue weighted by Gasteiger charge is 2.34. The summed E-state index contributed by atoms with van der Waals surface area (Å²) >= 11 is 0. The number of carbonyl (C=O) groups excluding carboxylic acids is 2. The Bertz CT molecular complexity index is 508. The lowest BCUT2D eigenvalue weighted by molar-refractivity contribution is -0.155. The zero-order valence-electron chi connectivity index (χ0n) is 12.6. The third-order valence-electron chi connectivity index (χ3n) is 3.67. The van der Waals surface area contributed by atoms with Crippen LogP contribution in [0.4, 0.5) is 0 Å². The summed E-state index contributed by atoms with van der Waals surface area (Å²) in [6.07, 6.45) is 3.37. The van der Waals surface area contributed by atoms with Crippen LogP contribution in [-0.2, 0) is 14.3 Å². The molecule has 1 saturated carbocycles. The van der Waals surface area contributed by atoms with Crippen molar-refractivity contribution in [3.63, 3.8) is 0 Å². The van der Waals surface area contributed by atoms with E-state index in [1.165, 1.54) is 6.92 Å². The van der Waals surface area contributed by atoms with E-state index >= 15 is 0 Å². The van der Waals surface area contributed by atoms with Crippen molar-refractivity contribution in [2.45, 2.75) is 58.6 Å². The van der Waals surface area contributed by atoms with E-state index in [1.807, 2.05) is 0 Å². The topological polar surface area (TPSA) is 94.3 Å². The van der Waals surface area contributed by atoms with Crippen LogP contribution in [0.2, 0.25) is 0 Å². The summed E-state index contributed by atoms with van der Waals surface area (Å²) in [5, 5.41) is 6.37. The van der Waals surface area contributed by atoms with Gasteiger partial charge in [0.2, 0.25) is 5.91 Å². The third kappa shape index (κ3) is 4.03. The average Bonchev–Trinajstić information content (AvgIpc) is 3.06. The van der Waals surface area contributed by atoms with Gasteiger partial charge in [-0.3, -0.25) is 4.79 Å². The third-order valence-corrected chi connectivity index (χ3v) is 3.67. The Morgan fingerprint density at radius 3 is 2.57 bits per heavy atom. The van der Waals surface area contributed by atoms with Gasteiger partial charge in [-0.1, -0.05) is 18.0 Å². The highest BCUT2D eigenvalue weighted by molar-refractivity contribution is 5.83. The fourth-order valence-corrected chi connectivity index (χ4v) is 2.66. The molecule has 21 heavy (non-hydrogen) atoms. The largest absolute Gasteiger partial charge is 0.451 e. The minimum atomic E-state index is -0.628. The van der Waals surface area contributed by atoms with E-state index in [0.29, 0.717) is 5.82 Å². The van der Waals surface area contributed by atoms with E-state index in [0.717, 1.165) is 25.7 Å². The molecule has 2 rings (SSSR count). The summed E-state index contributed by atoms with van der Waals surface area (Å²) in [5.74, 6) is 0.208. The van der Waals surface area contributed by atoms with Gasteiger partial charge >= 0.3 is 5.97 Å². The predicted octanol–water partition coefficient (Wildman–Crippen LogP) is 1.68. The molecule has 116 valence electrons. The van der Waals surface area contributed by atoms with Crippen LogP contribution in [0.3, 0.4) is 0 Å². The van der Waals surface area contributed by atoms with Gasteiger partial charge in [-0.15, -0.1) is 0 Å². The van der Waals surface area contributed by atoms with E-state index in [1.54, 1.807) is 13.8 Å². The molecule has 0 aliphatic heterocycles. The molecule has 2 atom stereocenters. The van der Waals surface area contributed by atoms with Crippen molar-refractivity contribution >= 4 is 11.9 Å². The summed E-state index contributed by atoms with van der Waals surface area (Å²) in [6, 6.07) is -0.600. The maximum absolute atomic E-state index is 12.3. The minimum Gasteiger partial charge on any atom is -0.451 e. The van der Waals surface area contributed by atoms with Gasteiger partial charge < -0.3 is 14.6 Å². The zero-order chi connectivity index (χ0) is 15.4. The Morgan fingerprint density at radius 2 is 2.05 bits per heavy atom. The van der Waals surface area contributed by atoms with Gasteiger partial charge in [0.25, 0.3) is 5.89 Å². The number of esters is 1. The van der Waals surface area contributed by atoms with Gasteiger partial charge in [0.05, 0.1) is 0 Å². The molecule has 1 N–H and O–H groups in total. The number of hydrogen-bond acceptors (Lipinski definition) is 6. The number of aromatic nitrogens is 2. The lowest BCUT2D eigenvalue weighted by Crippen LogP contribution is -2.45. The molecule has 1 aliphatic carbocycles. The molecule has 1 amide bonds. The molecule has 0 saturated heterocycles. The standard InChI is InChI=1S/C14H21N3O4/c1-8(13-15-9(2)17-21-13)20-14(19)12(16-10(3)18)11-6-4-5-7-11/h8,11-12H,4-7H2,1-3H3,(H,16,18). The van der Waals surface area contributed by atoms with E-state index in [9.17, 15) is 9.59 Å². The molecule has 7 heteroatoms. The van der Waals surface area contributed by atoms with Crippen LogP contribution in [0.15, 0.2) is 4.52 Å². The SMILES string of the molecule is CC(=O)NC(C(=O)OC(C)c1nc(C)no1)C1CCCC1. The van der Waals surface area contributed by atoms with Gasteiger partial charge in [-0.05, 0) is 32.6 Å². The Labute approximate surface area is 123 Å². The van der Waals surface area contributed by atoms with Crippen molar-refractivity contribution < 1.29 is 18.8 Å². The number of amides is 1. The summed E-state index contributed by atoms with van der Waals surface area (Å²) in [5.41, 5.74) is 0. The van der Waals surface area contributed by atoms with Gasteiger partial charge in [-0.25, -0.2) is 4.79 Å². The Morgan fingerprint density at radius 1 is 1.38 bits per heavy atom. The molecule has 0 radical (unpaired) electrons. The van der Waals surface area contributed by atoms with Crippen LogP contribution >= 0.6 is 0 Å². The first-order chi connectivity index (χ1) is 9.97. The maximum atomic E-state index is 12.3. The van der Waals surface area contributed by atoms with Crippen molar-refractivity contribution in [1.29, 1.82) is 0 Å². The van der Waals surface area contributed by atoms with Crippen molar-refractivity contribution in [2.75, 3.05) is 0 Å². The number of ether oxygens (including phenoxy) is 1. The number of aryl methyl sites for hydroxylation is 1. The van der Waals surface area contributed by atoms with Crippen LogP contribution in [-0.4, -0.2) is 28.1 Å². The van der Waals surface area contributed by atoms with Crippen molar-refractivity contribution in [3.8, 4) is 0 Å². The van der Waals surface area contributed by atoms with Crippen LogP contribution in [0.25, 0.3) is 0 Å². The monoisotopic (exact) mass is 295 g/mol. The fraction of sp³-hybridized carbons (Fsp3) is 0.714. The quantitative estimate of drug-likeness (QED) is 0.830. The molecule has 0 spiro atoms. The van der Waals surface area contributed by atoms with Crippen molar-refractivity contribution in [3.05, 3.63) is 11.7 Å². The molecular weight excluding hydrogens is 274 g/mol. The van der Waals surface area contributed by atoms with Gasteiger partial charge in [0, 0.05) is 6.92 Å². The molecule has 1 aromatic heterocycles. The summed E-state index contributed by atoms with van der Waals surface area (Å²) in [4.78, 5) is 27.7. The molecule has 2 unspecified atom stereocenters. The molecule has 7 nitrogen and oxygen atoms in total. The van der Waals surface area contributed by atoms with Crippen LogP contribution < -0.4 is 5.32 Å². The number of rotatable bonds is 5.